The number of nitrogens with zero attached hydrogens (tertiary/aromatic N) is 1. The van der Waals surface area contributed by atoms with Gasteiger partial charge in [-0.1, -0.05) is 0 Å². The number of pyridine rings is 1. The van der Waals surface area contributed by atoms with Gasteiger partial charge in [0.05, 0.1) is 5.39 Å². The number of thiophene rings is 1. The lowest BCUT2D eigenvalue weighted by Gasteiger charge is -2.11. The molecule has 19 heavy (non-hydrogen) atoms. The van der Waals surface area contributed by atoms with Crippen LogP contribution in [0.3, 0.4) is 0 Å². The summed E-state index contributed by atoms with van der Waals surface area (Å²) in [5.41, 5.74) is 1.12. The average Bonchev–Trinajstić information content (AvgIpc) is 2.76. The molecular weight excluding hydrogens is 262 g/mol. The molecule has 0 atom stereocenters. The van der Waals surface area contributed by atoms with Crippen LogP contribution in [0.25, 0.3) is 10.1 Å². The summed E-state index contributed by atoms with van der Waals surface area (Å²) in [5.74, 6) is -1.03. The SMILES string of the molecule is CCn1c(C(=O)O)cc2sc3c(c2c1=O)CCCC3. The molecule has 2 aromatic rings. The van der Waals surface area contributed by atoms with Crippen molar-refractivity contribution in [3.05, 3.63) is 32.6 Å². The molecule has 0 saturated heterocycles. The van der Waals surface area contributed by atoms with Gasteiger partial charge in [0, 0.05) is 16.1 Å². The minimum absolute atomic E-state index is 0.0959. The number of aromatic nitrogens is 1. The minimum atomic E-state index is -1.03. The molecule has 0 aliphatic heterocycles. The van der Waals surface area contributed by atoms with Crippen molar-refractivity contribution in [1.29, 1.82) is 0 Å². The summed E-state index contributed by atoms with van der Waals surface area (Å²) in [6.07, 6.45) is 4.24. The summed E-state index contributed by atoms with van der Waals surface area (Å²) in [4.78, 5) is 25.1. The molecule has 0 fully saturated rings. The third-order valence-electron chi connectivity index (χ3n) is 3.75. The molecule has 0 amide bonds. The largest absolute Gasteiger partial charge is 0.477 e. The Morgan fingerprint density at radius 1 is 1.42 bits per heavy atom. The van der Waals surface area contributed by atoms with Crippen LogP contribution in [-0.4, -0.2) is 15.6 Å². The van der Waals surface area contributed by atoms with Crippen LogP contribution in [0.5, 0.6) is 0 Å². The molecular formula is C14H15NO3S. The number of aromatic carboxylic acids is 1. The molecule has 0 radical (unpaired) electrons. The van der Waals surface area contributed by atoms with Gasteiger partial charge in [0.1, 0.15) is 5.69 Å². The highest BCUT2D eigenvalue weighted by molar-refractivity contribution is 7.19. The fourth-order valence-corrected chi connectivity index (χ4v) is 4.18. The highest BCUT2D eigenvalue weighted by atomic mass is 32.1. The van der Waals surface area contributed by atoms with Gasteiger partial charge in [0.25, 0.3) is 5.56 Å². The van der Waals surface area contributed by atoms with Crippen molar-refractivity contribution in [1.82, 2.24) is 4.57 Å². The minimum Gasteiger partial charge on any atom is -0.477 e. The Bertz CT molecular complexity index is 726. The zero-order valence-corrected chi connectivity index (χ0v) is 11.5. The Hall–Kier alpha value is -1.62. The van der Waals surface area contributed by atoms with Crippen LogP contribution < -0.4 is 5.56 Å². The van der Waals surface area contributed by atoms with Crippen molar-refractivity contribution in [2.45, 2.75) is 39.2 Å². The number of fused-ring (bicyclic) bond motifs is 3. The molecule has 0 saturated carbocycles. The molecule has 3 rings (SSSR count). The van der Waals surface area contributed by atoms with Crippen molar-refractivity contribution >= 4 is 27.4 Å². The highest BCUT2D eigenvalue weighted by Crippen LogP contribution is 2.35. The number of carbonyl (C=O) groups is 1. The fraction of sp³-hybridized carbons (Fsp3) is 0.429. The van der Waals surface area contributed by atoms with E-state index in [0.717, 1.165) is 41.3 Å². The normalized spacial score (nSPS) is 14.6. The molecule has 4 nitrogen and oxygen atoms in total. The van der Waals surface area contributed by atoms with Crippen LogP contribution >= 0.6 is 11.3 Å². The van der Waals surface area contributed by atoms with Gasteiger partial charge in [-0.2, -0.15) is 0 Å². The van der Waals surface area contributed by atoms with E-state index in [1.807, 2.05) is 0 Å². The fourth-order valence-electron chi connectivity index (χ4n) is 2.86. The van der Waals surface area contributed by atoms with Gasteiger partial charge in [-0.25, -0.2) is 4.79 Å². The van der Waals surface area contributed by atoms with Crippen LogP contribution in [0.15, 0.2) is 10.9 Å². The van der Waals surface area contributed by atoms with Gasteiger partial charge >= 0.3 is 5.97 Å². The number of carboxylic acid groups (broad SMARTS) is 1. The van der Waals surface area contributed by atoms with Crippen molar-refractivity contribution in [2.75, 3.05) is 0 Å². The lowest BCUT2D eigenvalue weighted by Crippen LogP contribution is -2.25. The number of rotatable bonds is 2. The summed E-state index contributed by atoms with van der Waals surface area (Å²) in [7, 11) is 0. The third kappa shape index (κ3) is 1.80. The van der Waals surface area contributed by atoms with Gasteiger partial charge in [-0.3, -0.25) is 4.79 Å². The second kappa shape index (κ2) is 4.49. The van der Waals surface area contributed by atoms with Crippen LogP contribution in [0.4, 0.5) is 0 Å². The first-order valence-electron chi connectivity index (χ1n) is 6.55. The van der Waals surface area contributed by atoms with Crippen molar-refractivity contribution in [3.8, 4) is 0 Å². The molecule has 1 aliphatic rings. The summed E-state index contributed by atoms with van der Waals surface area (Å²) < 4.78 is 2.20. The Morgan fingerprint density at radius 2 is 2.16 bits per heavy atom. The molecule has 2 aromatic heterocycles. The van der Waals surface area contributed by atoms with Crippen LogP contribution in [0.2, 0.25) is 0 Å². The van der Waals surface area contributed by atoms with E-state index < -0.39 is 5.97 Å². The molecule has 0 aromatic carbocycles. The predicted octanol–water partition coefficient (Wildman–Crippen LogP) is 2.66. The van der Waals surface area contributed by atoms with E-state index in [2.05, 4.69) is 0 Å². The second-order valence-corrected chi connectivity index (χ2v) is 5.97. The average molecular weight is 277 g/mol. The maximum Gasteiger partial charge on any atom is 0.352 e. The lowest BCUT2D eigenvalue weighted by molar-refractivity contribution is 0.0684. The van der Waals surface area contributed by atoms with Crippen LogP contribution in [0, 0.1) is 0 Å². The van der Waals surface area contributed by atoms with Crippen LogP contribution in [0.1, 0.15) is 40.7 Å². The van der Waals surface area contributed by atoms with Crippen LogP contribution in [-0.2, 0) is 19.4 Å². The maximum atomic E-state index is 12.5. The number of hydrogen-bond acceptors (Lipinski definition) is 3. The van der Waals surface area contributed by atoms with E-state index in [0.29, 0.717) is 6.54 Å². The van der Waals surface area contributed by atoms with Crippen molar-refractivity contribution in [2.24, 2.45) is 0 Å². The second-order valence-electron chi connectivity index (χ2n) is 4.83. The number of carboxylic acids is 1. The predicted molar refractivity (Wildman–Crippen MR) is 75.4 cm³/mol. The van der Waals surface area contributed by atoms with Gasteiger partial charge in [0.2, 0.25) is 0 Å². The molecule has 1 N–H and O–H groups in total. The monoisotopic (exact) mass is 277 g/mol. The summed E-state index contributed by atoms with van der Waals surface area (Å²) in [6, 6.07) is 1.66. The molecule has 1 aliphatic carbocycles. The molecule has 5 heteroatoms. The van der Waals surface area contributed by atoms with Gasteiger partial charge in [-0.15, -0.1) is 11.3 Å². The van der Waals surface area contributed by atoms with Crippen molar-refractivity contribution < 1.29 is 9.90 Å². The van der Waals surface area contributed by atoms with Gasteiger partial charge in [-0.05, 0) is 44.2 Å². The van der Waals surface area contributed by atoms with E-state index in [1.165, 1.54) is 9.44 Å². The Kier molecular flexibility index (Phi) is 2.93. The number of hydrogen-bond donors (Lipinski definition) is 1. The number of aryl methyl sites for hydroxylation is 2. The van der Waals surface area contributed by atoms with Crippen molar-refractivity contribution in [3.63, 3.8) is 0 Å². The molecule has 100 valence electrons. The first-order valence-corrected chi connectivity index (χ1v) is 7.36. The summed E-state index contributed by atoms with van der Waals surface area (Å²) in [6.45, 7) is 2.19. The zero-order chi connectivity index (χ0) is 13.6. The Balaban J connectivity index is 2.40. The quantitative estimate of drug-likeness (QED) is 0.918. The topological polar surface area (TPSA) is 59.3 Å². The third-order valence-corrected chi connectivity index (χ3v) is 4.99. The maximum absolute atomic E-state index is 12.5. The highest BCUT2D eigenvalue weighted by Gasteiger charge is 2.22. The van der Waals surface area contributed by atoms with Gasteiger partial charge < -0.3 is 9.67 Å². The standard InChI is InChI=1S/C14H15NO3S/c1-2-15-9(14(17)18)7-11-12(13(15)16)8-5-3-4-6-10(8)19-11/h7H,2-6H2,1H3,(H,17,18). The van der Waals surface area contributed by atoms with E-state index in [4.69, 9.17) is 0 Å². The lowest BCUT2D eigenvalue weighted by atomic mass is 9.97. The molecule has 2 heterocycles. The Morgan fingerprint density at radius 3 is 2.84 bits per heavy atom. The smallest absolute Gasteiger partial charge is 0.352 e. The first kappa shape index (κ1) is 12.4. The van der Waals surface area contributed by atoms with Gasteiger partial charge in [0.15, 0.2) is 0 Å². The van der Waals surface area contributed by atoms with E-state index >= 15 is 0 Å². The van der Waals surface area contributed by atoms with E-state index in [-0.39, 0.29) is 11.3 Å². The first-order chi connectivity index (χ1) is 9.13. The zero-order valence-electron chi connectivity index (χ0n) is 10.7. The summed E-state index contributed by atoms with van der Waals surface area (Å²) >= 11 is 1.59. The molecule has 0 spiro atoms. The van der Waals surface area contributed by atoms with E-state index in [9.17, 15) is 14.7 Å². The molecule has 0 unspecified atom stereocenters. The molecule has 0 bridgehead atoms. The van der Waals surface area contributed by atoms with E-state index in [1.54, 1.807) is 24.3 Å². The Labute approximate surface area is 114 Å². The summed E-state index contributed by atoms with van der Waals surface area (Å²) in [5, 5.41) is 9.98.